The number of pyridine rings is 1. The van der Waals surface area contributed by atoms with E-state index in [0.717, 1.165) is 5.56 Å². The van der Waals surface area contributed by atoms with Gasteiger partial charge in [-0.2, -0.15) is 0 Å². The Kier molecular flexibility index (Phi) is 5.63. The van der Waals surface area contributed by atoms with Gasteiger partial charge in [-0.1, -0.05) is 29.8 Å². The van der Waals surface area contributed by atoms with E-state index < -0.39 is 23.5 Å². The predicted octanol–water partition coefficient (Wildman–Crippen LogP) is 5.44. The van der Waals surface area contributed by atoms with Gasteiger partial charge in [-0.25, -0.2) is 4.39 Å². The highest BCUT2D eigenvalue weighted by molar-refractivity contribution is 6.31. The van der Waals surface area contributed by atoms with Gasteiger partial charge in [-0.15, -0.1) is 0 Å². The Labute approximate surface area is 198 Å². The molecule has 1 amide bonds. The fraction of sp³-hybridized carbons (Fsp3) is 0.115. The molecule has 0 aliphatic carbocycles. The molecular weight excluding hydrogens is 459 g/mol. The molecule has 2 aromatic carbocycles. The number of aliphatic hydroxyl groups excluding tert-OH is 1. The summed E-state index contributed by atoms with van der Waals surface area (Å²) in [5, 5.41) is 11.9. The van der Waals surface area contributed by atoms with Gasteiger partial charge in [0.15, 0.2) is 11.5 Å². The number of halogens is 2. The number of amides is 1. The Morgan fingerprint density at radius 3 is 2.65 bits per heavy atom. The van der Waals surface area contributed by atoms with Crippen molar-refractivity contribution in [3.05, 3.63) is 112 Å². The largest absolute Gasteiger partial charge is 0.503 e. The van der Waals surface area contributed by atoms with Crippen LogP contribution in [0.1, 0.15) is 27.9 Å². The van der Waals surface area contributed by atoms with Crippen molar-refractivity contribution in [2.45, 2.75) is 12.5 Å². The molecule has 2 aromatic heterocycles. The van der Waals surface area contributed by atoms with Crippen molar-refractivity contribution < 1.29 is 23.5 Å². The standard InChI is InChI=1S/C26H18ClFN2O4/c27-17-6-9-20-16(13-17)14-21(34-20)24(31)22-23(19-3-1-2-11-29-19)30(26(33)25(22)32)12-10-15-4-7-18(28)8-5-15/h1-9,11,13-14,23,32H,10,12H2. The van der Waals surface area contributed by atoms with Crippen molar-refractivity contribution in [2.24, 2.45) is 0 Å². The van der Waals surface area contributed by atoms with Gasteiger partial charge < -0.3 is 14.4 Å². The lowest BCUT2D eigenvalue weighted by atomic mass is 9.98. The van der Waals surface area contributed by atoms with Crippen molar-refractivity contribution in [1.29, 1.82) is 0 Å². The fourth-order valence-corrected chi connectivity index (χ4v) is 4.30. The summed E-state index contributed by atoms with van der Waals surface area (Å²) < 4.78 is 19.0. The topological polar surface area (TPSA) is 83.6 Å². The highest BCUT2D eigenvalue weighted by atomic mass is 35.5. The van der Waals surface area contributed by atoms with Gasteiger partial charge in [-0.05, 0) is 60.5 Å². The number of aliphatic hydroxyl groups is 1. The first kappa shape index (κ1) is 21.9. The Morgan fingerprint density at radius 2 is 1.91 bits per heavy atom. The van der Waals surface area contributed by atoms with Crippen LogP contribution in [0.25, 0.3) is 11.0 Å². The maximum atomic E-state index is 13.5. The molecule has 0 bridgehead atoms. The third-order valence-electron chi connectivity index (χ3n) is 5.77. The summed E-state index contributed by atoms with van der Waals surface area (Å²) in [6.45, 7) is 0.183. The molecule has 3 heterocycles. The van der Waals surface area contributed by atoms with Gasteiger partial charge in [0, 0.05) is 23.2 Å². The first-order valence-corrected chi connectivity index (χ1v) is 10.9. The smallest absolute Gasteiger partial charge is 0.290 e. The van der Waals surface area contributed by atoms with E-state index in [9.17, 15) is 19.1 Å². The third-order valence-corrected chi connectivity index (χ3v) is 6.01. The number of ketones is 1. The number of rotatable bonds is 6. The number of hydrogen-bond acceptors (Lipinski definition) is 5. The molecule has 1 aliphatic heterocycles. The molecule has 1 N–H and O–H groups in total. The first-order valence-electron chi connectivity index (χ1n) is 10.6. The maximum Gasteiger partial charge on any atom is 0.290 e. The Bertz CT molecular complexity index is 1430. The van der Waals surface area contributed by atoms with Gasteiger partial charge in [0.25, 0.3) is 5.91 Å². The Hall–Kier alpha value is -3.97. The molecule has 1 atom stereocenters. The zero-order valence-electron chi connectivity index (χ0n) is 17.7. The summed E-state index contributed by atoms with van der Waals surface area (Å²) in [5.74, 6) is -2.31. The molecule has 1 unspecified atom stereocenters. The van der Waals surface area contributed by atoms with Crippen LogP contribution in [-0.4, -0.2) is 33.2 Å². The second-order valence-electron chi connectivity index (χ2n) is 7.92. The van der Waals surface area contributed by atoms with Crippen LogP contribution in [0.4, 0.5) is 4.39 Å². The highest BCUT2D eigenvalue weighted by Gasteiger charge is 2.45. The average molecular weight is 477 g/mol. The first-order chi connectivity index (χ1) is 16.4. The molecule has 34 heavy (non-hydrogen) atoms. The van der Waals surface area contributed by atoms with E-state index in [4.69, 9.17) is 16.0 Å². The lowest BCUT2D eigenvalue weighted by Gasteiger charge is -2.25. The number of carbonyl (C=O) groups excluding carboxylic acids is 2. The number of carbonyl (C=O) groups is 2. The summed E-state index contributed by atoms with van der Waals surface area (Å²) in [4.78, 5) is 32.3. The minimum Gasteiger partial charge on any atom is -0.503 e. The minimum absolute atomic E-state index is 0.0204. The molecule has 4 aromatic rings. The molecule has 1 aliphatic rings. The van der Waals surface area contributed by atoms with E-state index in [0.29, 0.717) is 28.1 Å². The summed E-state index contributed by atoms with van der Waals surface area (Å²) in [6.07, 6.45) is 1.95. The summed E-state index contributed by atoms with van der Waals surface area (Å²) >= 11 is 6.04. The molecule has 0 spiro atoms. The zero-order chi connectivity index (χ0) is 23.8. The lowest BCUT2D eigenvalue weighted by molar-refractivity contribution is -0.129. The molecular formula is C26H18ClFN2O4. The summed E-state index contributed by atoms with van der Waals surface area (Å²) in [7, 11) is 0. The van der Waals surface area contributed by atoms with Gasteiger partial charge in [0.2, 0.25) is 5.78 Å². The lowest BCUT2D eigenvalue weighted by Crippen LogP contribution is -2.33. The van der Waals surface area contributed by atoms with Crippen LogP contribution in [0.2, 0.25) is 5.02 Å². The van der Waals surface area contributed by atoms with Gasteiger partial charge >= 0.3 is 0 Å². The van der Waals surface area contributed by atoms with Crippen molar-refractivity contribution in [3.8, 4) is 0 Å². The highest BCUT2D eigenvalue weighted by Crippen LogP contribution is 2.39. The van der Waals surface area contributed by atoms with Crippen LogP contribution in [0, 0.1) is 5.82 Å². The van der Waals surface area contributed by atoms with E-state index in [1.807, 2.05) is 0 Å². The summed E-state index contributed by atoms with van der Waals surface area (Å²) in [5.41, 5.74) is 1.59. The van der Waals surface area contributed by atoms with E-state index in [-0.39, 0.29) is 23.7 Å². The van der Waals surface area contributed by atoms with E-state index in [1.54, 1.807) is 54.7 Å². The van der Waals surface area contributed by atoms with Crippen molar-refractivity contribution in [2.75, 3.05) is 6.54 Å². The van der Waals surface area contributed by atoms with Gasteiger partial charge in [-0.3, -0.25) is 14.6 Å². The van der Waals surface area contributed by atoms with Crippen LogP contribution in [0.5, 0.6) is 0 Å². The van der Waals surface area contributed by atoms with E-state index in [1.165, 1.54) is 23.1 Å². The van der Waals surface area contributed by atoms with E-state index >= 15 is 0 Å². The second-order valence-corrected chi connectivity index (χ2v) is 8.35. The Morgan fingerprint density at radius 1 is 1.12 bits per heavy atom. The van der Waals surface area contributed by atoms with Crippen LogP contribution in [0.15, 0.2) is 88.7 Å². The summed E-state index contributed by atoms with van der Waals surface area (Å²) in [6, 6.07) is 16.7. The number of Topliss-reactive ketones (excluding diaryl/α,β-unsaturated/α-hetero) is 1. The molecule has 5 rings (SSSR count). The zero-order valence-corrected chi connectivity index (χ0v) is 18.5. The number of furan rings is 1. The fourth-order valence-electron chi connectivity index (χ4n) is 4.12. The van der Waals surface area contributed by atoms with Crippen LogP contribution in [-0.2, 0) is 11.2 Å². The number of fused-ring (bicyclic) bond motifs is 1. The number of benzene rings is 2. The molecule has 0 radical (unpaired) electrons. The van der Waals surface area contributed by atoms with Crippen LogP contribution >= 0.6 is 11.6 Å². The second kappa shape index (κ2) is 8.76. The molecule has 6 nitrogen and oxygen atoms in total. The van der Waals surface area contributed by atoms with Crippen molar-refractivity contribution >= 4 is 34.3 Å². The average Bonchev–Trinajstić information content (AvgIpc) is 3.37. The molecule has 0 saturated carbocycles. The SMILES string of the molecule is O=C(C1=C(O)C(=O)N(CCc2ccc(F)cc2)C1c1ccccn1)c1cc2cc(Cl)ccc2o1. The quantitative estimate of drug-likeness (QED) is 0.374. The van der Waals surface area contributed by atoms with Crippen molar-refractivity contribution in [1.82, 2.24) is 9.88 Å². The van der Waals surface area contributed by atoms with E-state index in [2.05, 4.69) is 4.98 Å². The van der Waals surface area contributed by atoms with Crippen molar-refractivity contribution in [3.63, 3.8) is 0 Å². The molecule has 170 valence electrons. The number of hydrogen-bond donors (Lipinski definition) is 1. The van der Waals surface area contributed by atoms with Gasteiger partial charge in [0.1, 0.15) is 17.4 Å². The van der Waals surface area contributed by atoms with Crippen LogP contribution in [0.3, 0.4) is 0 Å². The normalized spacial score (nSPS) is 16.0. The third kappa shape index (κ3) is 3.95. The Balaban J connectivity index is 1.52. The van der Waals surface area contributed by atoms with Gasteiger partial charge in [0.05, 0.1) is 11.3 Å². The molecule has 8 heteroatoms. The molecule has 0 saturated heterocycles. The monoisotopic (exact) mass is 476 g/mol. The predicted molar refractivity (Wildman–Crippen MR) is 124 cm³/mol. The van der Waals surface area contributed by atoms with Crippen LogP contribution < -0.4 is 0 Å². The number of aromatic nitrogens is 1. The minimum atomic E-state index is -0.904. The number of nitrogens with zero attached hydrogens (tertiary/aromatic N) is 2. The maximum absolute atomic E-state index is 13.5. The molecule has 0 fully saturated rings.